The van der Waals surface area contributed by atoms with Crippen LogP contribution in [0.15, 0.2) is 0 Å². The average molecular weight is 201 g/mol. The molecule has 0 saturated carbocycles. The maximum Gasteiger partial charge on any atom is 0.305 e. The minimum atomic E-state index is -0.117. The molecule has 14 heavy (non-hydrogen) atoms. The standard InChI is InChI=1S/C11H23NO2/c1-4-6-10(2)9-12-8-5-7-11(13)14-3/h10,12H,4-9H2,1-3H3. The Labute approximate surface area is 87.2 Å². The van der Waals surface area contributed by atoms with Crippen molar-refractivity contribution in [2.24, 2.45) is 5.92 Å². The van der Waals surface area contributed by atoms with Crippen LogP contribution in [0, 0.1) is 5.92 Å². The van der Waals surface area contributed by atoms with Crippen molar-refractivity contribution in [1.29, 1.82) is 0 Å². The maximum absolute atomic E-state index is 10.8. The van der Waals surface area contributed by atoms with Gasteiger partial charge in [-0.05, 0) is 31.8 Å². The Morgan fingerprint density at radius 2 is 2.21 bits per heavy atom. The predicted molar refractivity (Wildman–Crippen MR) is 58.2 cm³/mol. The monoisotopic (exact) mass is 201 g/mol. The second-order valence-corrected chi connectivity index (χ2v) is 3.78. The second kappa shape index (κ2) is 9.00. The van der Waals surface area contributed by atoms with Crippen molar-refractivity contribution >= 4 is 5.97 Å². The Morgan fingerprint density at radius 3 is 2.79 bits per heavy atom. The number of rotatable bonds is 8. The molecule has 1 N–H and O–H groups in total. The van der Waals surface area contributed by atoms with Crippen LogP contribution in [0.1, 0.15) is 39.5 Å². The number of hydrogen-bond acceptors (Lipinski definition) is 3. The van der Waals surface area contributed by atoms with E-state index in [4.69, 9.17) is 0 Å². The fourth-order valence-electron chi connectivity index (χ4n) is 1.40. The van der Waals surface area contributed by atoms with Gasteiger partial charge in [-0.3, -0.25) is 4.79 Å². The summed E-state index contributed by atoms with van der Waals surface area (Å²) in [4.78, 5) is 10.8. The first-order chi connectivity index (χ1) is 6.70. The number of esters is 1. The number of nitrogens with one attached hydrogen (secondary N) is 1. The van der Waals surface area contributed by atoms with Crippen LogP contribution in [0.3, 0.4) is 0 Å². The third-order valence-electron chi connectivity index (χ3n) is 2.24. The number of carbonyl (C=O) groups excluding carboxylic acids is 1. The summed E-state index contributed by atoms with van der Waals surface area (Å²) in [6.45, 7) is 6.41. The molecule has 0 rings (SSSR count). The fourth-order valence-corrected chi connectivity index (χ4v) is 1.40. The molecule has 0 bridgehead atoms. The van der Waals surface area contributed by atoms with Crippen LogP contribution in [0.2, 0.25) is 0 Å². The number of carbonyl (C=O) groups is 1. The lowest BCUT2D eigenvalue weighted by atomic mass is 10.1. The van der Waals surface area contributed by atoms with E-state index in [0.717, 1.165) is 25.4 Å². The Bertz CT molecular complexity index is 148. The molecule has 84 valence electrons. The highest BCUT2D eigenvalue weighted by atomic mass is 16.5. The summed E-state index contributed by atoms with van der Waals surface area (Å²) in [5.41, 5.74) is 0. The molecule has 1 unspecified atom stereocenters. The topological polar surface area (TPSA) is 38.3 Å². The van der Waals surface area contributed by atoms with Gasteiger partial charge in [0, 0.05) is 6.42 Å². The number of ether oxygens (including phenoxy) is 1. The molecule has 0 saturated heterocycles. The van der Waals surface area contributed by atoms with Gasteiger partial charge in [-0.25, -0.2) is 0 Å². The van der Waals surface area contributed by atoms with Gasteiger partial charge in [0.25, 0.3) is 0 Å². The van der Waals surface area contributed by atoms with Crippen LogP contribution >= 0.6 is 0 Å². The largest absolute Gasteiger partial charge is 0.469 e. The van der Waals surface area contributed by atoms with Crippen molar-refractivity contribution < 1.29 is 9.53 Å². The second-order valence-electron chi connectivity index (χ2n) is 3.78. The minimum Gasteiger partial charge on any atom is -0.469 e. The molecule has 0 fully saturated rings. The van der Waals surface area contributed by atoms with Gasteiger partial charge >= 0.3 is 5.97 Å². The van der Waals surface area contributed by atoms with Crippen molar-refractivity contribution in [3.63, 3.8) is 0 Å². The average Bonchev–Trinajstić information content (AvgIpc) is 2.17. The van der Waals surface area contributed by atoms with Gasteiger partial charge in [0.15, 0.2) is 0 Å². The Balaban J connectivity index is 3.17. The molecule has 0 aliphatic carbocycles. The van der Waals surface area contributed by atoms with E-state index >= 15 is 0 Å². The molecule has 0 aromatic carbocycles. The van der Waals surface area contributed by atoms with Gasteiger partial charge in [-0.1, -0.05) is 20.3 Å². The minimum absolute atomic E-state index is 0.117. The summed E-state index contributed by atoms with van der Waals surface area (Å²) in [5, 5.41) is 3.34. The summed E-state index contributed by atoms with van der Waals surface area (Å²) in [7, 11) is 1.43. The SMILES string of the molecule is CCCC(C)CNCCCC(=O)OC. The third kappa shape index (κ3) is 8.05. The lowest BCUT2D eigenvalue weighted by Gasteiger charge is -2.10. The van der Waals surface area contributed by atoms with E-state index in [2.05, 4.69) is 23.9 Å². The zero-order valence-corrected chi connectivity index (χ0v) is 9.64. The first-order valence-electron chi connectivity index (χ1n) is 5.48. The van der Waals surface area contributed by atoms with Crippen molar-refractivity contribution in [2.45, 2.75) is 39.5 Å². The molecule has 3 nitrogen and oxygen atoms in total. The van der Waals surface area contributed by atoms with E-state index in [1.165, 1.54) is 20.0 Å². The van der Waals surface area contributed by atoms with Crippen LogP contribution in [0.5, 0.6) is 0 Å². The van der Waals surface area contributed by atoms with Gasteiger partial charge in [-0.2, -0.15) is 0 Å². The smallest absolute Gasteiger partial charge is 0.305 e. The number of hydrogen-bond donors (Lipinski definition) is 1. The van der Waals surface area contributed by atoms with Crippen LogP contribution in [-0.2, 0) is 9.53 Å². The van der Waals surface area contributed by atoms with Gasteiger partial charge < -0.3 is 10.1 Å². The highest BCUT2D eigenvalue weighted by Crippen LogP contribution is 2.02. The number of methoxy groups -OCH3 is 1. The van der Waals surface area contributed by atoms with Gasteiger partial charge in [0.1, 0.15) is 0 Å². The summed E-state index contributed by atoms with van der Waals surface area (Å²) in [6.07, 6.45) is 3.90. The highest BCUT2D eigenvalue weighted by molar-refractivity contribution is 5.68. The molecular formula is C11H23NO2. The molecule has 0 aromatic heterocycles. The normalized spacial score (nSPS) is 12.5. The zero-order valence-electron chi connectivity index (χ0n) is 9.64. The van der Waals surface area contributed by atoms with Gasteiger partial charge in [-0.15, -0.1) is 0 Å². The summed E-state index contributed by atoms with van der Waals surface area (Å²) < 4.78 is 4.55. The summed E-state index contributed by atoms with van der Waals surface area (Å²) in [6, 6.07) is 0. The van der Waals surface area contributed by atoms with E-state index in [0.29, 0.717) is 6.42 Å². The molecule has 3 heteroatoms. The van der Waals surface area contributed by atoms with E-state index in [1.54, 1.807) is 0 Å². The highest BCUT2D eigenvalue weighted by Gasteiger charge is 2.01. The van der Waals surface area contributed by atoms with Crippen molar-refractivity contribution in [3.8, 4) is 0 Å². The summed E-state index contributed by atoms with van der Waals surface area (Å²) >= 11 is 0. The first-order valence-corrected chi connectivity index (χ1v) is 5.48. The molecule has 0 heterocycles. The molecule has 0 aromatic rings. The van der Waals surface area contributed by atoms with Crippen LogP contribution in [0.25, 0.3) is 0 Å². The first kappa shape index (κ1) is 13.4. The lowest BCUT2D eigenvalue weighted by molar-refractivity contribution is -0.140. The van der Waals surface area contributed by atoms with Crippen molar-refractivity contribution in [2.75, 3.05) is 20.2 Å². The van der Waals surface area contributed by atoms with Gasteiger partial charge in [0.2, 0.25) is 0 Å². The Morgan fingerprint density at radius 1 is 1.50 bits per heavy atom. The molecule has 0 aliphatic heterocycles. The zero-order chi connectivity index (χ0) is 10.8. The van der Waals surface area contributed by atoms with Crippen LogP contribution in [0.4, 0.5) is 0 Å². The predicted octanol–water partition coefficient (Wildman–Crippen LogP) is 1.97. The summed E-state index contributed by atoms with van der Waals surface area (Å²) in [5.74, 6) is 0.617. The molecule has 0 amide bonds. The Hall–Kier alpha value is -0.570. The van der Waals surface area contributed by atoms with E-state index < -0.39 is 0 Å². The van der Waals surface area contributed by atoms with Crippen LogP contribution in [-0.4, -0.2) is 26.2 Å². The lowest BCUT2D eigenvalue weighted by Crippen LogP contribution is -2.22. The molecular weight excluding hydrogens is 178 g/mol. The fraction of sp³-hybridized carbons (Fsp3) is 0.909. The molecule has 0 aliphatic rings. The quantitative estimate of drug-likeness (QED) is 0.482. The third-order valence-corrected chi connectivity index (χ3v) is 2.24. The Kier molecular flexibility index (Phi) is 8.64. The van der Waals surface area contributed by atoms with Gasteiger partial charge in [0.05, 0.1) is 7.11 Å². The van der Waals surface area contributed by atoms with Crippen molar-refractivity contribution in [3.05, 3.63) is 0 Å². The molecule has 1 atom stereocenters. The van der Waals surface area contributed by atoms with E-state index in [1.807, 2.05) is 0 Å². The van der Waals surface area contributed by atoms with E-state index in [-0.39, 0.29) is 5.97 Å². The van der Waals surface area contributed by atoms with E-state index in [9.17, 15) is 4.79 Å². The van der Waals surface area contributed by atoms with Crippen molar-refractivity contribution in [1.82, 2.24) is 5.32 Å². The molecule has 0 spiro atoms. The van der Waals surface area contributed by atoms with Crippen LogP contribution < -0.4 is 5.32 Å². The molecule has 0 radical (unpaired) electrons. The maximum atomic E-state index is 10.8.